The molecule has 1 aromatic heterocycles. The molecule has 46 heavy (non-hydrogen) atoms. The number of rotatable bonds is 14. The molecule has 0 bridgehead atoms. The lowest BCUT2D eigenvalue weighted by molar-refractivity contribution is -0.162. The lowest BCUT2D eigenvalue weighted by atomic mass is 9.80. The van der Waals surface area contributed by atoms with Crippen LogP contribution in [0, 0.1) is 0 Å². The van der Waals surface area contributed by atoms with Crippen LogP contribution in [-0.4, -0.2) is 37.4 Å². The number of ether oxygens (including phenoxy) is 2. The zero-order valence-electron chi connectivity index (χ0n) is 25.9. The molecule has 1 aliphatic rings. The van der Waals surface area contributed by atoms with Crippen molar-refractivity contribution in [3.8, 4) is 0 Å². The van der Waals surface area contributed by atoms with Gasteiger partial charge in [0.2, 0.25) is 0 Å². The Morgan fingerprint density at radius 3 is 2.41 bits per heavy atom. The molecule has 0 radical (unpaired) electrons. The van der Waals surface area contributed by atoms with E-state index in [1.165, 1.54) is 13.0 Å². The second-order valence-corrected chi connectivity index (χ2v) is 13.0. The number of carbonyl (C=O) groups excluding carboxylic acids is 2. The third-order valence-corrected chi connectivity index (χ3v) is 9.11. The maximum Gasteiger partial charge on any atom is 0.417 e. The summed E-state index contributed by atoms with van der Waals surface area (Å²) in [7, 11) is -4.33. The first-order valence-corrected chi connectivity index (χ1v) is 16.5. The number of ketones is 1. The van der Waals surface area contributed by atoms with Gasteiger partial charge in [-0.3, -0.25) is 9.52 Å². The lowest BCUT2D eigenvalue weighted by Gasteiger charge is -2.40. The van der Waals surface area contributed by atoms with Gasteiger partial charge in [0.1, 0.15) is 18.0 Å². The van der Waals surface area contributed by atoms with Crippen molar-refractivity contribution in [2.75, 3.05) is 11.3 Å². The van der Waals surface area contributed by atoms with Gasteiger partial charge in [-0.05, 0) is 68.0 Å². The number of alkyl halides is 3. The largest absolute Gasteiger partial charge is 0.489 e. The third kappa shape index (κ3) is 8.54. The molecular formula is C34H37F3N2O6S. The lowest BCUT2D eigenvalue weighted by Crippen LogP contribution is -2.42. The van der Waals surface area contributed by atoms with E-state index in [1.54, 1.807) is 18.2 Å². The first kappa shape index (κ1) is 34.7. The summed E-state index contributed by atoms with van der Waals surface area (Å²) >= 11 is 0. The predicted octanol–water partition coefficient (Wildman–Crippen LogP) is 7.37. The third-order valence-electron chi connectivity index (χ3n) is 7.82. The van der Waals surface area contributed by atoms with E-state index in [4.69, 9.17) is 9.47 Å². The SMILES string of the molecule is CCC[C@@]1(CCc2ccccc2)CC(OCC(C)=O)=C([C@H](CC)c2cccc(NS(=O)(=O)c3ccc(C(F)(F)F)cn3)c2)C(=O)O1. The van der Waals surface area contributed by atoms with Crippen molar-refractivity contribution in [1.82, 2.24) is 4.98 Å². The van der Waals surface area contributed by atoms with Crippen LogP contribution in [0.4, 0.5) is 18.9 Å². The summed E-state index contributed by atoms with van der Waals surface area (Å²) in [5.41, 5.74) is 0.161. The van der Waals surface area contributed by atoms with Crippen LogP contribution in [0.3, 0.4) is 0 Å². The molecule has 0 amide bonds. The van der Waals surface area contributed by atoms with Crippen molar-refractivity contribution in [2.24, 2.45) is 0 Å². The van der Waals surface area contributed by atoms with Crippen molar-refractivity contribution in [1.29, 1.82) is 0 Å². The fourth-order valence-corrected chi connectivity index (χ4v) is 6.64. The number of benzene rings is 2. The van der Waals surface area contributed by atoms with E-state index in [0.717, 1.165) is 18.1 Å². The number of pyridine rings is 1. The Labute approximate surface area is 267 Å². The average Bonchev–Trinajstić information content (AvgIpc) is 3.01. The standard InChI is InChI=1S/C34H37F3N2O6S/c1-4-17-33(18-16-24-10-7-6-8-11-24)20-29(44-22-23(3)40)31(32(41)45-33)28(5-2)25-12-9-13-27(19-25)39-46(42,43)30-15-14-26(21-38-30)34(35,36)37/h6-15,19,21,28,39H,4-5,16-18,20,22H2,1-3H3/t28-,33-/m1/s1. The second kappa shape index (κ2) is 14.5. The van der Waals surface area contributed by atoms with E-state index in [1.807, 2.05) is 44.2 Å². The highest BCUT2D eigenvalue weighted by Crippen LogP contribution is 2.43. The number of carbonyl (C=O) groups is 2. The Morgan fingerprint density at radius 2 is 1.80 bits per heavy atom. The van der Waals surface area contributed by atoms with E-state index in [-0.39, 0.29) is 30.1 Å². The van der Waals surface area contributed by atoms with Crippen molar-refractivity contribution >= 4 is 27.5 Å². The summed E-state index contributed by atoms with van der Waals surface area (Å²) in [5, 5.41) is -0.584. The summed E-state index contributed by atoms with van der Waals surface area (Å²) in [6, 6.07) is 17.7. The van der Waals surface area contributed by atoms with Crippen LogP contribution in [0.1, 0.15) is 75.5 Å². The molecule has 3 aromatic rings. The van der Waals surface area contributed by atoms with Crippen LogP contribution in [0.15, 0.2) is 89.3 Å². The van der Waals surface area contributed by atoms with Crippen LogP contribution in [-0.2, 0) is 41.7 Å². The topological polar surface area (TPSA) is 112 Å². The molecule has 246 valence electrons. The number of sulfonamides is 1. The molecule has 4 rings (SSSR count). The molecule has 12 heteroatoms. The maximum atomic E-state index is 13.9. The summed E-state index contributed by atoms with van der Waals surface area (Å²) in [6.07, 6.45) is -0.919. The molecule has 2 heterocycles. The number of aryl methyl sites for hydroxylation is 1. The monoisotopic (exact) mass is 658 g/mol. The van der Waals surface area contributed by atoms with Crippen LogP contribution in [0.2, 0.25) is 0 Å². The number of nitrogens with zero attached hydrogens (tertiary/aromatic N) is 1. The normalized spacial score (nSPS) is 17.7. The minimum atomic E-state index is -4.66. The molecule has 0 fully saturated rings. The fraction of sp³-hybridized carbons (Fsp3) is 0.382. The van der Waals surface area contributed by atoms with Gasteiger partial charge in [-0.25, -0.2) is 9.78 Å². The molecule has 2 aromatic carbocycles. The van der Waals surface area contributed by atoms with Gasteiger partial charge in [-0.15, -0.1) is 0 Å². The molecule has 2 atom stereocenters. The quantitative estimate of drug-likeness (QED) is 0.180. The van der Waals surface area contributed by atoms with E-state index in [0.29, 0.717) is 49.3 Å². The van der Waals surface area contributed by atoms with Gasteiger partial charge < -0.3 is 9.47 Å². The molecule has 1 N–H and O–H groups in total. The highest BCUT2D eigenvalue weighted by molar-refractivity contribution is 7.92. The molecule has 0 unspecified atom stereocenters. The number of Topliss-reactive ketones (excluding diaryl/α,β-unsaturated/α-hetero) is 1. The van der Waals surface area contributed by atoms with E-state index < -0.39 is 44.3 Å². The minimum Gasteiger partial charge on any atom is -0.489 e. The van der Waals surface area contributed by atoms with Crippen LogP contribution in [0.25, 0.3) is 0 Å². The van der Waals surface area contributed by atoms with Gasteiger partial charge in [0.25, 0.3) is 10.0 Å². The minimum absolute atomic E-state index is 0.122. The van der Waals surface area contributed by atoms with Gasteiger partial charge in [-0.2, -0.15) is 21.6 Å². The van der Waals surface area contributed by atoms with Crippen LogP contribution in [0.5, 0.6) is 0 Å². The number of aromatic nitrogens is 1. The summed E-state index contributed by atoms with van der Waals surface area (Å²) in [6.45, 7) is 5.05. The zero-order valence-corrected chi connectivity index (χ0v) is 26.7. The molecule has 0 aliphatic carbocycles. The van der Waals surface area contributed by atoms with Crippen LogP contribution < -0.4 is 4.72 Å². The summed E-state index contributed by atoms with van der Waals surface area (Å²) < 4.78 is 79.4. The van der Waals surface area contributed by atoms with Gasteiger partial charge in [0, 0.05) is 24.2 Å². The van der Waals surface area contributed by atoms with Crippen molar-refractivity contribution in [3.63, 3.8) is 0 Å². The molecular weight excluding hydrogens is 621 g/mol. The number of cyclic esters (lactones) is 1. The fourth-order valence-electron chi connectivity index (χ4n) is 5.66. The highest BCUT2D eigenvalue weighted by Gasteiger charge is 2.44. The first-order chi connectivity index (χ1) is 21.8. The summed E-state index contributed by atoms with van der Waals surface area (Å²) in [4.78, 5) is 29.3. The van der Waals surface area contributed by atoms with Gasteiger partial charge in [-0.1, -0.05) is 62.7 Å². The number of halogens is 3. The maximum absolute atomic E-state index is 13.9. The Balaban J connectivity index is 1.66. The Kier molecular flexibility index (Phi) is 10.9. The number of hydrogen-bond donors (Lipinski definition) is 1. The first-order valence-electron chi connectivity index (χ1n) is 15.1. The summed E-state index contributed by atoms with van der Waals surface area (Å²) in [5.74, 6) is -0.966. The van der Waals surface area contributed by atoms with Gasteiger partial charge in [0.15, 0.2) is 10.8 Å². The molecule has 8 nitrogen and oxygen atoms in total. The smallest absolute Gasteiger partial charge is 0.417 e. The van der Waals surface area contributed by atoms with Crippen molar-refractivity contribution in [2.45, 2.75) is 82.0 Å². The Morgan fingerprint density at radius 1 is 1.07 bits per heavy atom. The number of esters is 1. The Bertz CT molecular complexity index is 1670. The number of hydrogen-bond acceptors (Lipinski definition) is 7. The van der Waals surface area contributed by atoms with Gasteiger partial charge in [0.05, 0.1) is 11.1 Å². The molecule has 1 aliphatic heterocycles. The van der Waals surface area contributed by atoms with E-state index in [2.05, 4.69) is 9.71 Å². The zero-order chi connectivity index (χ0) is 33.5. The second-order valence-electron chi connectivity index (χ2n) is 11.4. The molecule has 0 saturated carbocycles. The van der Waals surface area contributed by atoms with Crippen LogP contribution >= 0.6 is 0 Å². The average molecular weight is 659 g/mol. The highest BCUT2D eigenvalue weighted by atomic mass is 32.2. The van der Waals surface area contributed by atoms with Crippen molar-refractivity contribution in [3.05, 3.63) is 101 Å². The predicted molar refractivity (Wildman–Crippen MR) is 166 cm³/mol. The number of nitrogens with one attached hydrogen (secondary N) is 1. The van der Waals surface area contributed by atoms with Gasteiger partial charge >= 0.3 is 12.1 Å². The van der Waals surface area contributed by atoms with E-state index >= 15 is 0 Å². The molecule has 0 spiro atoms. The molecule has 0 saturated heterocycles. The van der Waals surface area contributed by atoms with Crippen molar-refractivity contribution < 1.29 is 40.7 Å². The Hall–Kier alpha value is -4.19. The number of anilines is 1. The van der Waals surface area contributed by atoms with E-state index in [9.17, 15) is 31.2 Å².